The van der Waals surface area contributed by atoms with Crippen molar-refractivity contribution in [1.82, 2.24) is 14.9 Å². The lowest BCUT2D eigenvalue weighted by atomic mass is 9.94. The minimum absolute atomic E-state index is 0.186. The quantitative estimate of drug-likeness (QED) is 0.812. The van der Waals surface area contributed by atoms with Crippen molar-refractivity contribution in [2.75, 3.05) is 0 Å². The third kappa shape index (κ3) is 2.39. The molecule has 4 nitrogen and oxygen atoms in total. The molecule has 0 radical (unpaired) electrons. The molecule has 1 rings (SSSR count). The summed E-state index contributed by atoms with van der Waals surface area (Å²) in [5.41, 5.74) is 0.0775. The van der Waals surface area contributed by atoms with E-state index >= 15 is 0 Å². The van der Waals surface area contributed by atoms with Crippen molar-refractivity contribution in [2.45, 2.75) is 39.2 Å². The predicted octanol–water partition coefficient (Wildman–Crippen LogP) is 1.77. The second kappa shape index (κ2) is 5.08. The minimum atomic E-state index is -0.562. The molecule has 0 saturated carbocycles. The van der Waals surface area contributed by atoms with Gasteiger partial charge in [0.1, 0.15) is 10.4 Å². The summed E-state index contributed by atoms with van der Waals surface area (Å²) in [5.74, 6) is 2.47. The molecule has 0 atom stereocenters. The van der Waals surface area contributed by atoms with E-state index < -0.39 is 5.54 Å². The van der Waals surface area contributed by atoms with Gasteiger partial charge in [-0.25, -0.2) is 0 Å². The van der Waals surface area contributed by atoms with Gasteiger partial charge in [-0.1, -0.05) is 24.3 Å². The summed E-state index contributed by atoms with van der Waals surface area (Å²) >= 11 is 1.09. The molecule has 0 unspecified atom stereocenters. The Hall–Kier alpha value is -1.41. The molecule has 0 fully saturated rings. The van der Waals surface area contributed by atoms with Crippen LogP contribution in [0.4, 0.5) is 0 Å². The molecule has 1 N–H and O–H groups in total. The number of terminal acetylenes is 1. The van der Waals surface area contributed by atoms with Crippen molar-refractivity contribution in [2.24, 2.45) is 0 Å². The fourth-order valence-electron chi connectivity index (χ4n) is 1.38. The summed E-state index contributed by atoms with van der Waals surface area (Å²) < 4.78 is 3.73. The molecule has 16 heavy (non-hydrogen) atoms. The van der Waals surface area contributed by atoms with Gasteiger partial charge in [0.05, 0.1) is 5.69 Å². The molecule has 0 saturated heterocycles. The fourth-order valence-corrected chi connectivity index (χ4v) is 1.93. The molecule has 0 spiro atoms. The first kappa shape index (κ1) is 12.7. The SMILES string of the molecule is C#CC(CC)(CC)NC(=O)c1snnc1C. The number of carbonyl (C=O) groups excluding carboxylic acids is 1. The molecular formula is C11H15N3OS. The summed E-state index contributed by atoms with van der Waals surface area (Å²) in [6.45, 7) is 5.68. The van der Waals surface area contributed by atoms with E-state index in [1.165, 1.54) is 0 Å². The van der Waals surface area contributed by atoms with Crippen LogP contribution in [0.25, 0.3) is 0 Å². The Morgan fingerprint density at radius 3 is 2.56 bits per heavy atom. The Bertz CT molecular complexity index is 415. The summed E-state index contributed by atoms with van der Waals surface area (Å²) in [6, 6.07) is 0. The van der Waals surface area contributed by atoms with Gasteiger partial charge in [-0.3, -0.25) is 4.79 Å². The second-order valence-corrected chi connectivity index (χ2v) is 4.33. The lowest BCUT2D eigenvalue weighted by Gasteiger charge is -2.26. The van der Waals surface area contributed by atoms with E-state index in [-0.39, 0.29) is 5.91 Å². The van der Waals surface area contributed by atoms with Crippen LogP contribution in [0.15, 0.2) is 0 Å². The molecule has 0 aliphatic carbocycles. The van der Waals surface area contributed by atoms with Gasteiger partial charge in [-0.15, -0.1) is 11.5 Å². The summed E-state index contributed by atoms with van der Waals surface area (Å²) in [4.78, 5) is 12.5. The number of nitrogens with zero attached hydrogens (tertiary/aromatic N) is 2. The maximum atomic E-state index is 11.9. The highest BCUT2D eigenvalue weighted by atomic mass is 32.1. The highest BCUT2D eigenvalue weighted by molar-refractivity contribution is 7.08. The van der Waals surface area contributed by atoms with Gasteiger partial charge in [0.15, 0.2) is 0 Å². The Kier molecular flexibility index (Phi) is 4.02. The highest BCUT2D eigenvalue weighted by Gasteiger charge is 2.27. The number of rotatable bonds is 4. The maximum Gasteiger partial charge on any atom is 0.266 e. The minimum Gasteiger partial charge on any atom is -0.335 e. The third-order valence-corrected chi connectivity index (χ3v) is 3.52. The lowest BCUT2D eigenvalue weighted by Crippen LogP contribution is -2.46. The molecule has 1 heterocycles. The molecule has 5 heteroatoms. The molecule has 0 bridgehead atoms. The molecule has 0 aliphatic rings. The van der Waals surface area contributed by atoms with Gasteiger partial charge in [-0.05, 0) is 31.3 Å². The van der Waals surface area contributed by atoms with Crippen molar-refractivity contribution in [3.63, 3.8) is 0 Å². The first-order valence-electron chi connectivity index (χ1n) is 5.17. The zero-order chi connectivity index (χ0) is 12.2. The molecule has 1 amide bonds. The van der Waals surface area contributed by atoms with Crippen LogP contribution in [0.5, 0.6) is 0 Å². The van der Waals surface area contributed by atoms with Gasteiger partial charge < -0.3 is 5.32 Å². The molecule has 86 valence electrons. The van der Waals surface area contributed by atoms with Gasteiger partial charge in [0, 0.05) is 0 Å². The Labute approximate surface area is 99.6 Å². The lowest BCUT2D eigenvalue weighted by molar-refractivity contribution is 0.0920. The van der Waals surface area contributed by atoms with Crippen LogP contribution in [0.2, 0.25) is 0 Å². The standard InChI is InChI=1S/C11H15N3OS/c1-5-11(6-2,7-3)12-10(15)9-8(4)13-14-16-9/h1H,6-7H2,2-4H3,(H,12,15). The Balaban J connectivity index is 2.86. The van der Waals surface area contributed by atoms with Crippen LogP contribution in [0.1, 0.15) is 42.1 Å². The number of aromatic nitrogens is 2. The number of carbonyl (C=O) groups is 1. The van der Waals surface area contributed by atoms with Gasteiger partial charge >= 0.3 is 0 Å². The molecular weight excluding hydrogens is 222 g/mol. The van der Waals surface area contributed by atoms with E-state index in [1.807, 2.05) is 13.8 Å². The van der Waals surface area contributed by atoms with Gasteiger partial charge in [-0.2, -0.15) is 0 Å². The summed E-state index contributed by atoms with van der Waals surface area (Å²) in [7, 11) is 0. The van der Waals surface area contributed by atoms with Crippen LogP contribution >= 0.6 is 11.5 Å². The second-order valence-electron chi connectivity index (χ2n) is 3.58. The van der Waals surface area contributed by atoms with Gasteiger partial charge in [0.25, 0.3) is 5.91 Å². The molecule has 1 aromatic heterocycles. The number of amides is 1. The fraction of sp³-hybridized carbons (Fsp3) is 0.545. The molecule has 0 aromatic carbocycles. The number of hydrogen-bond donors (Lipinski definition) is 1. The maximum absolute atomic E-state index is 11.9. The van der Waals surface area contributed by atoms with Crippen molar-refractivity contribution in [3.8, 4) is 12.3 Å². The van der Waals surface area contributed by atoms with Crippen LogP contribution in [-0.4, -0.2) is 21.0 Å². The Morgan fingerprint density at radius 1 is 1.56 bits per heavy atom. The number of aryl methyl sites for hydroxylation is 1. The highest BCUT2D eigenvalue weighted by Crippen LogP contribution is 2.16. The van der Waals surface area contributed by atoms with E-state index in [0.29, 0.717) is 23.4 Å². The third-order valence-electron chi connectivity index (χ3n) is 2.69. The topological polar surface area (TPSA) is 54.9 Å². The van der Waals surface area contributed by atoms with E-state index in [0.717, 1.165) is 11.5 Å². The Morgan fingerprint density at radius 2 is 2.19 bits per heavy atom. The van der Waals surface area contributed by atoms with Crippen molar-refractivity contribution >= 4 is 17.4 Å². The van der Waals surface area contributed by atoms with Crippen LogP contribution < -0.4 is 5.32 Å². The largest absolute Gasteiger partial charge is 0.335 e. The summed E-state index contributed by atoms with van der Waals surface area (Å²) in [6.07, 6.45) is 6.89. The zero-order valence-electron chi connectivity index (χ0n) is 9.70. The molecule has 1 aromatic rings. The van der Waals surface area contributed by atoms with E-state index in [2.05, 4.69) is 20.8 Å². The summed E-state index contributed by atoms with van der Waals surface area (Å²) in [5, 5.41) is 6.68. The normalized spacial score (nSPS) is 10.9. The van der Waals surface area contributed by atoms with E-state index in [9.17, 15) is 4.79 Å². The van der Waals surface area contributed by atoms with Crippen LogP contribution in [0, 0.1) is 19.3 Å². The van der Waals surface area contributed by atoms with E-state index in [4.69, 9.17) is 6.42 Å². The van der Waals surface area contributed by atoms with Crippen molar-refractivity contribution in [3.05, 3.63) is 10.6 Å². The van der Waals surface area contributed by atoms with E-state index in [1.54, 1.807) is 6.92 Å². The average molecular weight is 237 g/mol. The number of hydrogen-bond acceptors (Lipinski definition) is 4. The van der Waals surface area contributed by atoms with Crippen molar-refractivity contribution in [1.29, 1.82) is 0 Å². The smallest absolute Gasteiger partial charge is 0.266 e. The van der Waals surface area contributed by atoms with Crippen LogP contribution in [0.3, 0.4) is 0 Å². The van der Waals surface area contributed by atoms with Gasteiger partial charge in [0.2, 0.25) is 0 Å². The monoisotopic (exact) mass is 237 g/mol. The average Bonchev–Trinajstić information content (AvgIpc) is 2.72. The first-order chi connectivity index (χ1) is 7.58. The predicted molar refractivity (Wildman–Crippen MR) is 64.3 cm³/mol. The first-order valence-corrected chi connectivity index (χ1v) is 5.95. The van der Waals surface area contributed by atoms with Crippen LogP contribution in [-0.2, 0) is 0 Å². The number of nitrogens with one attached hydrogen (secondary N) is 1. The molecule has 0 aliphatic heterocycles. The zero-order valence-corrected chi connectivity index (χ0v) is 10.5. The van der Waals surface area contributed by atoms with Crippen molar-refractivity contribution < 1.29 is 4.79 Å².